The van der Waals surface area contributed by atoms with Gasteiger partial charge in [-0.25, -0.2) is 9.37 Å². The van der Waals surface area contributed by atoms with Crippen molar-refractivity contribution in [1.29, 1.82) is 0 Å². The molecule has 3 aliphatic heterocycles. The lowest BCUT2D eigenvalue weighted by Crippen LogP contribution is -2.58. The van der Waals surface area contributed by atoms with Crippen LogP contribution in [-0.2, 0) is 0 Å². The summed E-state index contributed by atoms with van der Waals surface area (Å²) in [6, 6.07) is 13.4. The molecule has 0 radical (unpaired) electrons. The van der Waals surface area contributed by atoms with E-state index in [2.05, 4.69) is 34.1 Å². The van der Waals surface area contributed by atoms with Crippen molar-refractivity contribution in [3.8, 4) is 16.9 Å². The van der Waals surface area contributed by atoms with Crippen LogP contribution in [0.15, 0.2) is 42.5 Å². The molecule has 2 atom stereocenters. The number of likely N-dealkylation sites (N-methyl/N-ethyl adjacent to an activating group) is 1. The Morgan fingerprint density at radius 1 is 1.08 bits per heavy atom. The second-order valence-electron chi connectivity index (χ2n) is 11.4. The van der Waals surface area contributed by atoms with E-state index >= 15 is 4.39 Å². The van der Waals surface area contributed by atoms with Gasteiger partial charge < -0.3 is 25.1 Å². The molecular weight excluding hydrogens is 515 g/mol. The Morgan fingerprint density at radius 3 is 2.72 bits per heavy atom. The molecule has 2 N–H and O–H groups in total. The first-order valence-electron chi connectivity index (χ1n) is 13.7. The third-order valence-corrected chi connectivity index (χ3v) is 9.02. The lowest BCUT2D eigenvalue weighted by molar-refractivity contribution is 0.245. The van der Waals surface area contributed by atoms with E-state index in [4.69, 9.17) is 21.6 Å². The quantitative estimate of drug-likeness (QED) is 0.378. The Bertz CT molecular complexity index is 1590. The SMILES string of the molecule is CN(C)C1CN(c2nc(N3CC4CCNCC3C4)c3cc(Cl)c(-c4cc(O)cc5ccccc45)c(F)c3n2)C1. The monoisotopic (exact) mass is 546 g/mol. The zero-order valence-corrected chi connectivity index (χ0v) is 22.9. The normalized spacial score (nSPS) is 21.7. The number of anilines is 2. The fourth-order valence-electron chi connectivity index (χ4n) is 6.47. The Balaban J connectivity index is 1.43. The summed E-state index contributed by atoms with van der Waals surface area (Å²) in [5.41, 5.74) is 1.06. The Morgan fingerprint density at radius 2 is 1.90 bits per heavy atom. The second-order valence-corrected chi connectivity index (χ2v) is 11.8. The molecule has 7 nitrogen and oxygen atoms in total. The third kappa shape index (κ3) is 4.17. The van der Waals surface area contributed by atoms with Crippen LogP contribution in [0.25, 0.3) is 32.8 Å². The van der Waals surface area contributed by atoms with Crippen LogP contribution >= 0.6 is 11.6 Å². The Kier molecular flexibility index (Phi) is 6.02. The van der Waals surface area contributed by atoms with Crippen molar-refractivity contribution in [2.24, 2.45) is 5.92 Å². The van der Waals surface area contributed by atoms with Gasteiger partial charge in [-0.1, -0.05) is 35.9 Å². The van der Waals surface area contributed by atoms with Crippen molar-refractivity contribution in [3.63, 3.8) is 0 Å². The molecular formula is C30H32ClFN6O. The fourth-order valence-corrected chi connectivity index (χ4v) is 6.77. The maximum atomic E-state index is 16.7. The molecule has 9 heteroatoms. The van der Waals surface area contributed by atoms with Gasteiger partial charge in [-0.3, -0.25) is 0 Å². The average molecular weight is 547 g/mol. The topological polar surface area (TPSA) is 67.8 Å². The van der Waals surface area contributed by atoms with Gasteiger partial charge in [-0.05, 0) is 73.9 Å². The number of aromatic nitrogens is 2. The van der Waals surface area contributed by atoms with E-state index in [9.17, 15) is 5.11 Å². The summed E-state index contributed by atoms with van der Waals surface area (Å²) >= 11 is 6.88. The van der Waals surface area contributed by atoms with Crippen molar-refractivity contribution in [2.45, 2.75) is 24.9 Å². The van der Waals surface area contributed by atoms with Crippen LogP contribution in [0.4, 0.5) is 16.2 Å². The maximum absolute atomic E-state index is 16.7. The van der Waals surface area contributed by atoms with Gasteiger partial charge in [0.15, 0.2) is 5.82 Å². The first-order valence-corrected chi connectivity index (χ1v) is 14.1. The van der Waals surface area contributed by atoms with Gasteiger partial charge in [-0.2, -0.15) is 4.98 Å². The first kappa shape index (κ1) is 24.8. The molecule has 39 heavy (non-hydrogen) atoms. The van der Waals surface area contributed by atoms with E-state index in [0.29, 0.717) is 34.9 Å². The number of halogens is 2. The number of hydrogen-bond donors (Lipinski definition) is 2. The summed E-state index contributed by atoms with van der Waals surface area (Å²) in [6.45, 7) is 4.41. The standard InChI is InChI=1S/C30H32ClFN6O/c1-36(2)20-15-37(16-20)30-34-28-24(29(35-30)38-14-17-7-8-33-13-19(38)9-17)12-25(31)26(27(28)32)23-11-21(39)10-18-5-3-4-6-22(18)23/h3-6,10-12,17,19-20,33,39H,7-9,13-16H2,1-2H3. The number of fused-ring (bicyclic) bond motifs is 4. The molecule has 4 heterocycles. The number of phenols is 1. The van der Waals surface area contributed by atoms with Crippen molar-refractivity contribution in [1.82, 2.24) is 20.2 Å². The number of rotatable bonds is 4. The lowest BCUT2D eigenvalue weighted by Gasteiger charge is -2.43. The van der Waals surface area contributed by atoms with Crippen molar-refractivity contribution < 1.29 is 9.50 Å². The molecule has 4 aromatic rings. The summed E-state index contributed by atoms with van der Waals surface area (Å²) in [6.07, 6.45) is 2.23. The highest BCUT2D eigenvalue weighted by Gasteiger charge is 2.37. The first-order chi connectivity index (χ1) is 18.9. The summed E-state index contributed by atoms with van der Waals surface area (Å²) in [5, 5.41) is 16.6. The molecule has 3 fully saturated rings. The van der Waals surface area contributed by atoms with Gasteiger partial charge in [0.05, 0.1) is 5.02 Å². The van der Waals surface area contributed by atoms with Crippen LogP contribution in [0, 0.1) is 11.7 Å². The van der Waals surface area contributed by atoms with Crippen LogP contribution in [0.1, 0.15) is 12.8 Å². The van der Waals surface area contributed by atoms with Gasteiger partial charge in [-0.15, -0.1) is 0 Å². The smallest absolute Gasteiger partial charge is 0.228 e. The van der Waals surface area contributed by atoms with E-state index in [-0.39, 0.29) is 21.9 Å². The number of aromatic hydroxyl groups is 1. The van der Waals surface area contributed by atoms with Crippen molar-refractivity contribution in [3.05, 3.63) is 53.3 Å². The molecule has 0 amide bonds. The second kappa shape index (κ2) is 9.47. The minimum absolute atomic E-state index is 0.0616. The molecule has 0 aliphatic carbocycles. The third-order valence-electron chi connectivity index (χ3n) is 8.72. The molecule has 0 spiro atoms. The summed E-state index contributed by atoms with van der Waals surface area (Å²) in [4.78, 5) is 16.5. The van der Waals surface area contributed by atoms with Crippen LogP contribution in [0.2, 0.25) is 5.02 Å². The largest absolute Gasteiger partial charge is 0.508 e. The summed E-state index contributed by atoms with van der Waals surface area (Å²) < 4.78 is 16.7. The molecule has 1 aromatic heterocycles. The fraction of sp³-hybridized carbons (Fsp3) is 0.400. The Hall–Kier alpha value is -3.20. The lowest BCUT2D eigenvalue weighted by atomic mass is 9.96. The highest BCUT2D eigenvalue weighted by molar-refractivity contribution is 6.35. The van der Waals surface area contributed by atoms with Crippen molar-refractivity contribution in [2.75, 3.05) is 56.6 Å². The van der Waals surface area contributed by atoms with E-state index in [1.54, 1.807) is 12.1 Å². The highest BCUT2D eigenvalue weighted by Crippen LogP contribution is 2.44. The minimum Gasteiger partial charge on any atom is -0.508 e. The minimum atomic E-state index is -0.486. The molecule has 3 aliphatic rings. The van der Waals surface area contributed by atoms with E-state index in [0.717, 1.165) is 62.2 Å². The number of phenolic OH excluding ortho intramolecular Hbond substituents is 1. The van der Waals surface area contributed by atoms with Crippen LogP contribution < -0.4 is 15.1 Å². The molecule has 3 saturated heterocycles. The zero-order chi connectivity index (χ0) is 26.8. The van der Waals surface area contributed by atoms with E-state index < -0.39 is 5.82 Å². The summed E-state index contributed by atoms with van der Waals surface area (Å²) in [5.74, 6) is 1.47. The van der Waals surface area contributed by atoms with Gasteiger partial charge in [0.1, 0.15) is 17.1 Å². The van der Waals surface area contributed by atoms with Crippen LogP contribution in [0.5, 0.6) is 5.75 Å². The van der Waals surface area contributed by atoms with E-state index in [1.165, 1.54) is 0 Å². The molecule has 202 valence electrons. The predicted octanol–water partition coefficient (Wildman–Crippen LogP) is 4.89. The van der Waals surface area contributed by atoms with Crippen LogP contribution in [0.3, 0.4) is 0 Å². The number of nitrogens with one attached hydrogen (secondary N) is 1. The van der Waals surface area contributed by atoms with E-state index in [1.807, 2.05) is 30.3 Å². The average Bonchev–Trinajstić information content (AvgIpc) is 3.12. The number of nitrogens with zero attached hydrogens (tertiary/aromatic N) is 5. The molecule has 7 rings (SSSR count). The molecule has 0 saturated carbocycles. The van der Waals surface area contributed by atoms with Crippen molar-refractivity contribution >= 4 is 45.0 Å². The zero-order valence-electron chi connectivity index (χ0n) is 22.2. The maximum Gasteiger partial charge on any atom is 0.228 e. The van der Waals surface area contributed by atoms with Crippen LogP contribution in [-0.4, -0.2) is 78.9 Å². The van der Waals surface area contributed by atoms with Gasteiger partial charge in [0.25, 0.3) is 0 Å². The van der Waals surface area contributed by atoms with Gasteiger partial charge in [0, 0.05) is 49.2 Å². The highest BCUT2D eigenvalue weighted by atomic mass is 35.5. The van der Waals surface area contributed by atoms with Gasteiger partial charge in [0.2, 0.25) is 5.95 Å². The molecule has 2 unspecified atom stereocenters. The molecule has 2 bridgehead atoms. The molecule has 3 aromatic carbocycles. The number of benzene rings is 3. The summed E-state index contributed by atoms with van der Waals surface area (Å²) in [7, 11) is 4.14. The Labute approximate surface area is 232 Å². The number of hydrogen-bond acceptors (Lipinski definition) is 7. The predicted molar refractivity (Wildman–Crippen MR) is 156 cm³/mol. The van der Waals surface area contributed by atoms with Gasteiger partial charge >= 0.3 is 0 Å².